The van der Waals surface area contributed by atoms with Gasteiger partial charge in [0.2, 0.25) is 5.91 Å². The number of aliphatic carboxylic acids is 1. The Hall–Kier alpha value is -1.79. The van der Waals surface area contributed by atoms with Gasteiger partial charge in [-0.1, -0.05) is 32.6 Å². The number of urea groups is 1. The summed E-state index contributed by atoms with van der Waals surface area (Å²) in [4.78, 5) is 33.3. The molecule has 0 heterocycles. The molecule has 122 valence electrons. The Morgan fingerprint density at radius 1 is 1.10 bits per heavy atom. The minimum atomic E-state index is -1.18. The lowest BCUT2D eigenvalue weighted by Gasteiger charge is -2.18. The lowest BCUT2D eigenvalue weighted by Crippen LogP contribution is -2.48. The zero-order valence-electron chi connectivity index (χ0n) is 12.9. The molecule has 0 aromatic carbocycles. The summed E-state index contributed by atoms with van der Waals surface area (Å²) in [5, 5.41) is 14.0. The lowest BCUT2D eigenvalue weighted by atomic mass is 10.1. The first-order valence-corrected chi connectivity index (χ1v) is 7.45. The van der Waals surface area contributed by atoms with Crippen molar-refractivity contribution in [3.05, 3.63) is 0 Å². The summed E-state index contributed by atoms with van der Waals surface area (Å²) in [5.74, 6) is -1.77. The molecule has 2 atom stereocenters. The van der Waals surface area contributed by atoms with Crippen molar-refractivity contribution >= 4 is 17.9 Å². The van der Waals surface area contributed by atoms with E-state index in [1.807, 2.05) is 6.92 Å². The minimum Gasteiger partial charge on any atom is -0.480 e. The normalized spacial score (nSPS) is 13.2. The fraction of sp³-hybridized carbons (Fsp3) is 0.786. The fourth-order valence-electron chi connectivity index (χ4n) is 1.92. The average Bonchev–Trinajstić information content (AvgIpc) is 2.39. The van der Waals surface area contributed by atoms with Crippen LogP contribution in [-0.4, -0.2) is 35.1 Å². The highest BCUT2D eigenvalue weighted by molar-refractivity contribution is 5.83. The number of rotatable bonds is 11. The molecule has 0 saturated carbocycles. The van der Waals surface area contributed by atoms with Gasteiger partial charge in [0.1, 0.15) is 6.04 Å². The number of unbranched alkanes of at least 4 members (excludes halogenated alkanes) is 3. The van der Waals surface area contributed by atoms with Gasteiger partial charge in [0, 0.05) is 12.5 Å². The third kappa shape index (κ3) is 10.6. The number of nitrogens with one attached hydrogen (secondary N) is 2. The molecule has 0 saturated heterocycles. The fourth-order valence-corrected chi connectivity index (χ4v) is 1.92. The van der Waals surface area contributed by atoms with Gasteiger partial charge in [0.25, 0.3) is 0 Å². The van der Waals surface area contributed by atoms with Gasteiger partial charge in [-0.25, -0.2) is 9.59 Å². The van der Waals surface area contributed by atoms with Crippen molar-refractivity contribution in [2.75, 3.05) is 0 Å². The number of hydrogen-bond donors (Lipinski definition) is 4. The molecule has 0 aromatic rings. The van der Waals surface area contributed by atoms with E-state index in [0.717, 1.165) is 25.7 Å². The minimum absolute atomic E-state index is 0.0109. The van der Waals surface area contributed by atoms with Crippen molar-refractivity contribution < 1.29 is 19.5 Å². The van der Waals surface area contributed by atoms with Crippen LogP contribution in [0.25, 0.3) is 0 Å². The lowest BCUT2D eigenvalue weighted by molar-refractivity contribution is -0.139. The highest BCUT2D eigenvalue weighted by atomic mass is 16.4. The first-order valence-electron chi connectivity index (χ1n) is 7.45. The topological polar surface area (TPSA) is 122 Å². The number of carboxylic acids is 1. The van der Waals surface area contributed by atoms with Crippen LogP contribution in [0.5, 0.6) is 0 Å². The van der Waals surface area contributed by atoms with Crippen molar-refractivity contribution in [3.8, 4) is 0 Å². The molecule has 0 aliphatic carbocycles. The van der Waals surface area contributed by atoms with Crippen molar-refractivity contribution in [1.29, 1.82) is 0 Å². The van der Waals surface area contributed by atoms with E-state index in [0.29, 0.717) is 0 Å². The van der Waals surface area contributed by atoms with Crippen LogP contribution in [-0.2, 0) is 9.59 Å². The number of primary amides is 1. The Bertz CT molecular complexity index is 347. The second-order valence-electron chi connectivity index (χ2n) is 5.26. The zero-order valence-corrected chi connectivity index (χ0v) is 12.9. The molecule has 0 aliphatic heterocycles. The maximum Gasteiger partial charge on any atom is 0.326 e. The van der Waals surface area contributed by atoms with Gasteiger partial charge in [0.05, 0.1) is 0 Å². The van der Waals surface area contributed by atoms with Crippen LogP contribution in [0.2, 0.25) is 0 Å². The molecular weight excluding hydrogens is 274 g/mol. The molecule has 0 aromatic heterocycles. The van der Waals surface area contributed by atoms with Gasteiger partial charge >= 0.3 is 12.0 Å². The second-order valence-corrected chi connectivity index (χ2v) is 5.26. The van der Waals surface area contributed by atoms with Crippen molar-refractivity contribution in [1.82, 2.24) is 10.6 Å². The second kappa shape index (κ2) is 10.9. The summed E-state index contributed by atoms with van der Waals surface area (Å²) in [5.41, 5.74) is 4.97. The number of carboxylic acid groups (broad SMARTS) is 1. The van der Waals surface area contributed by atoms with Gasteiger partial charge in [-0.15, -0.1) is 0 Å². The van der Waals surface area contributed by atoms with Gasteiger partial charge in [-0.05, 0) is 19.8 Å². The molecule has 5 N–H and O–H groups in total. The van der Waals surface area contributed by atoms with Crippen LogP contribution in [0.3, 0.4) is 0 Å². The molecule has 0 aliphatic rings. The predicted octanol–water partition coefficient (Wildman–Crippen LogP) is 1.36. The van der Waals surface area contributed by atoms with Crippen LogP contribution in [0.4, 0.5) is 4.79 Å². The largest absolute Gasteiger partial charge is 0.480 e. The molecule has 0 fully saturated rings. The van der Waals surface area contributed by atoms with E-state index in [2.05, 4.69) is 17.6 Å². The highest BCUT2D eigenvalue weighted by Crippen LogP contribution is 2.05. The molecule has 21 heavy (non-hydrogen) atoms. The maximum absolute atomic E-state index is 11.7. The Morgan fingerprint density at radius 3 is 2.29 bits per heavy atom. The van der Waals surface area contributed by atoms with Crippen LogP contribution in [0.15, 0.2) is 0 Å². The van der Waals surface area contributed by atoms with Crippen LogP contribution < -0.4 is 16.4 Å². The number of carbonyl (C=O) groups is 3. The van der Waals surface area contributed by atoms with Crippen molar-refractivity contribution in [2.24, 2.45) is 5.73 Å². The first kappa shape index (κ1) is 19.2. The number of carbonyl (C=O) groups excluding carboxylic acids is 2. The zero-order chi connectivity index (χ0) is 16.3. The molecule has 0 bridgehead atoms. The smallest absolute Gasteiger partial charge is 0.326 e. The van der Waals surface area contributed by atoms with E-state index < -0.39 is 23.9 Å². The Kier molecular flexibility index (Phi) is 10.0. The monoisotopic (exact) mass is 301 g/mol. The SMILES string of the molecule is CCCCCCC(C)NC(=O)NC(CCC(N)=O)C(=O)O. The van der Waals surface area contributed by atoms with E-state index in [-0.39, 0.29) is 18.9 Å². The van der Waals surface area contributed by atoms with E-state index in [9.17, 15) is 14.4 Å². The summed E-state index contributed by atoms with van der Waals surface area (Å²) in [6.45, 7) is 4.01. The summed E-state index contributed by atoms with van der Waals surface area (Å²) < 4.78 is 0. The number of amides is 3. The Labute approximate surface area is 125 Å². The number of nitrogens with two attached hydrogens (primary N) is 1. The van der Waals surface area contributed by atoms with Crippen LogP contribution in [0, 0.1) is 0 Å². The first-order chi connectivity index (χ1) is 9.86. The molecule has 3 amide bonds. The summed E-state index contributed by atoms with van der Waals surface area (Å²) in [7, 11) is 0. The van der Waals surface area contributed by atoms with Gasteiger partial charge in [0.15, 0.2) is 0 Å². The van der Waals surface area contributed by atoms with E-state index >= 15 is 0 Å². The molecular formula is C14H27N3O4. The van der Waals surface area contributed by atoms with Gasteiger partial charge < -0.3 is 21.5 Å². The molecule has 0 spiro atoms. The maximum atomic E-state index is 11.7. The molecule has 7 heteroatoms. The number of hydrogen-bond acceptors (Lipinski definition) is 3. The Balaban J connectivity index is 4.06. The van der Waals surface area contributed by atoms with Gasteiger partial charge in [-0.3, -0.25) is 4.79 Å². The quantitative estimate of drug-likeness (QED) is 0.430. The molecule has 0 radical (unpaired) electrons. The van der Waals surface area contributed by atoms with Crippen molar-refractivity contribution in [2.45, 2.75) is 70.9 Å². The predicted molar refractivity (Wildman–Crippen MR) is 79.7 cm³/mol. The summed E-state index contributed by atoms with van der Waals surface area (Å²) in [6.07, 6.45) is 5.24. The van der Waals surface area contributed by atoms with Crippen LogP contribution in [0.1, 0.15) is 58.8 Å². The van der Waals surface area contributed by atoms with E-state index in [1.165, 1.54) is 6.42 Å². The average molecular weight is 301 g/mol. The van der Waals surface area contributed by atoms with Gasteiger partial charge in [-0.2, -0.15) is 0 Å². The Morgan fingerprint density at radius 2 is 1.76 bits per heavy atom. The van der Waals surface area contributed by atoms with Crippen LogP contribution >= 0.6 is 0 Å². The highest BCUT2D eigenvalue weighted by Gasteiger charge is 2.21. The van der Waals surface area contributed by atoms with E-state index in [1.54, 1.807) is 0 Å². The van der Waals surface area contributed by atoms with Crippen molar-refractivity contribution in [3.63, 3.8) is 0 Å². The molecule has 0 rings (SSSR count). The standard InChI is InChI=1S/C14H27N3O4/c1-3-4-5-6-7-10(2)16-14(21)17-11(13(19)20)8-9-12(15)18/h10-11H,3-9H2,1-2H3,(H2,15,18)(H,19,20)(H2,16,17,21). The van der Waals surface area contributed by atoms with E-state index in [4.69, 9.17) is 10.8 Å². The third-order valence-corrected chi connectivity index (χ3v) is 3.15. The summed E-state index contributed by atoms with van der Waals surface area (Å²) in [6, 6.07) is -1.66. The molecule has 2 unspecified atom stereocenters. The third-order valence-electron chi connectivity index (χ3n) is 3.15. The molecule has 7 nitrogen and oxygen atoms in total. The summed E-state index contributed by atoms with van der Waals surface area (Å²) >= 11 is 0.